The largest absolute Gasteiger partial charge is 0.328 e. The number of aromatic nitrogens is 4. The number of pyridine rings is 1. The Balaban J connectivity index is 1.74. The summed E-state index contributed by atoms with van der Waals surface area (Å²) in [7, 11) is 0. The third-order valence-corrected chi connectivity index (χ3v) is 4.39. The van der Waals surface area contributed by atoms with Gasteiger partial charge in [-0.05, 0) is 42.8 Å². The zero-order valence-corrected chi connectivity index (χ0v) is 14.6. The maximum absolute atomic E-state index is 13.1. The lowest BCUT2D eigenvalue weighted by molar-refractivity contribution is -0.113. The molecule has 3 aromatic rings. The number of carbonyl (C=O) groups excluding carboxylic acids is 1. The molecular weight excluding hydrogens is 352 g/mol. The topological polar surface area (TPSA) is 84.7 Å². The van der Waals surface area contributed by atoms with Gasteiger partial charge in [-0.15, -0.1) is 0 Å². The molecule has 3 heterocycles. The summed E-state index contributed by atoms with van der Waals surface area (Å²) in [6, 6.07) is 10.3. The van der Waals surface area contributed by atoms with Crippen LogP contribution in [0.25, 0.3) is 0 Å². The number of benzene rings is 1. The number of nitrogens with zero attached hydrogens (tertiary/aromatic N) is 4. The second-order valence-electron chi connectivity index (χ2n) is 5.84. The van der Waals surface area contributed by atoms with Crippen molar-refractivity contribution in [1.82, 2.24) is 19.7 Å². The molecule has 26 heavy (non-hydrogen) atoms. The summed E-state index contributed by atoms with van der Waals surface area (Å²) in [4.78, 5) is 21.4. The van der Waals surface area contributed by atoms with E-state index in [-0.39, 0.29) is 5.91 Å². The summed E-state index contributed by atoms with van der Waals surface area (Å²) in [5.41, 5.74) is 2.77. The highest BCUT2D eigenvalue weighted by molar-refractivity contribution is 6.30. The molecule has 0 unspecified atom stereocenters. The highest BCUT2D eigenvalue weighted by atomic mass is 35.5. The molecule has 0 bridgehead atoms. The van der Waals surface area contributed by atoms with Gasteiger partial charge < -0.3 is 10.6 Å². The lowest BCUT2D eigenvalue weighted by Gasteiger charge is -2.28. The molecule has 1 atom stereocenters. The standard InChI is InChI=1S/C18H15ClN6O/c1-11-15(17(26)24-14-6-4-13(19)5-7-14)16(12-3-2-8-20-9-12)25-18(23-11)21-10-22-25/h2-10,16H,1H3,(H,24,26)(H,21,22,23)/t16-/m0/s1. The lowest BCUT2D eigenvalue weighted by atomic mass is 9.96. The Labute approximate surface area is 154 Å². The van der Waals surface area contributed by atoms with Crippen LogP contribution in [0.2, 0.25) is 5.02 Å². The molecule has 0 spiro atoms. The summed E-state index contributed by atoms with van der Waals surface area (Å²) >= 11 is 5.91. The van der Waals surface area contributed by atoms with Crippen molar-refractivity contribution < 1.29 is 4.79 Å². The minimum Gasteiger partial charge on any atom is -0.328 e. The van der Waals surface area contributed by atoms with E-state index in [1.165, 1.54) is 6.33 Å². The van der Waals surface area contributed by atoms with Gasteiger partial charge in [0.2, 0.25) is 5.95 Å². The van der Waals surface area contributed by atoms with Crippen molar-refractivity contribution in [1.29, 1.82) is 0 Å². The van der Waals surface area contributed by atoms with Crippen molar-refractivity contribution in [2.24, 2.45) is 0 Å². The average molecular weight is 367 g/mol. The molecule has 8 heteroatoms. The minimum absolute atomic E-state index is 0.229. The molecular formula is C18H15ClN6O. The van der Waals surface area contributed by atoms with Crippen LogP contribution in [0.5, 0.6) is 0 Å². The van der Waals surface area contributed by atoms with Crippen LogP contribution in [-0.2, 0) is 4.79 Å². The van der Waals surface area contributed by atoms with E-state index in [9.17, 15) is 4.79 Å². The van der Waals surface area contributed by atoms with Crippen LogP contribution in [0.15, 0.2) is 66.4 Å². The summed E-state index contributed by atoms with van der Waals surface area (Å²) < 4.78 is 1.68. The van der Waals surface area contributed by atoms with Crippen molar-refractivity contribution in [3.8, 4) is 0 Å². The van der Waals surface area contributed by atoms with Crippen LogP contribution in [0.4, 0.5) is 11.6 Å². The van der Waals surface area contributed by atoms with Crippen molar-refractivity contribution in [2.75, 3.05) is 10.6 Å². The molecule has 2 aromatic heterocycles. The maximum atomic E-state index is 13.1. The smallest absolute Gasteiger partial charge is 0.255 e. The Hall–Kier alpha value is -3.19. The van der Waals surface area contributed by atoms with E-state index >= 15 is 0 Å². The van der Waals surface area contributed by atoms with Gasteiger partial charge in [0.25, 0.3) is 5.91 Å². The molecule has 130 valence electrons. The van der Waals surface area contributed by atoms with Crippen molar-refractivity contribution in [2.45, 2.75) is 13.0 Å². The number of allylic oxidation sites excluding steroid dienone is 1. The molecule has 0 saturated heterocycles. The predicted molar refractivity (Wildman–Crippen MR) is 98.8 cm³/mol. The van der Waals surface area contributed by atoms with Crippen LogP contribution in [0.3, 0.4) is 0 Å². The van der Waals surface area contributed by atoms with Gasteiger partial charge >= 0.3 is 0 Å². The molecule has 1 amide bonds. The number of carbonyl (C=O) groups is 1. The zero-order valence-electron chi connectivity index (χ0n) is 13.8. The fourth-order valence-electron chi connectivity index (χ4n) is 2.96. The second kappa shape index (κ2) is 6.61. The predicted octanol–water partition coefficient (Wildman–Crippen LogP) is 3.25. The first kappa shape index (κ1) is 16.3. The van der Waals surface area contributed by atoms with Crippen molar-refractivity contribution in [3.05, 3.63) is 77.0 Å². The Morgan fingerprint density at radius 2 is 2.08 bits per heavy atom. The molecule has 1 aliphatic heterocycles. The number of amides is 1. The van der Waals surface area contributed by atoms with E-state index in [0.717, 1.165) is 5.56 Å². The summed E-state index contributed by atoms with van der Waals surface area (Å²) in [5, 5.41) is 10.9. The van der Waals surface area contributed by atoms with Gasteiger partial charge in [0.05, 0.1) is 5.57 Å². The van der Waals surface area contributed by atoms with E-state index in [0.29, 0.717) is 27.9 Å². The van der Waals surface area contributed by atoms with E-state index in [1.807, 2.05) is 19.1 Å². The van der Waals surface area contributed by atoms with Crippen LogP contribution in [0, 0.1) is 0 Å². The molecule has 0 fully saturated rings. The van der Waals surface area contributed by atoms with Crippen molar-refractivity contribution in [3.63, 3.8) is 0 Å². The molecule has 4 rings (SSSR count). The highest BCUT2D eigenvalue weighted by Crippen LogP contribution is 2.34. The van der Waals surface area contributed by atoms with E-state index in [4.69, 9.17) is 11.6 Å². The van der Waals surface area contributed by atoms with Crippen molar-refractivity contribution >= 4 is 29.1 Å². The molecule has 1 aromatic carbocycles. The van der Waals surface area contributed by atoms with Crippen LogP contribution in [0.1, 0.15) is 18.5 Å². The highest BCUT2D eigenvalue weighted by Gasteiger charge is 2.33. The number of halogens is 1. The number of fused-ring (bicyclic) bond motifs is 1. The molecule has 0 radical (unpaired) electrons. The fraction of sp³-hybridized carbons (Fsp3) is 0.111. The normalized spacial score (nSPS) is 16.0. The number of nitrogens with one attached hydrogen (secondary N) is 2. The van der Waals surface area contributed by atoms with Gasteiger partial charge in [-0.25, -0.2) is 4.68 Å². The van der Waals surface area contributed by atoms with E-state index in [1.54, 1.807) is 41.3 Å². The van der Waals surface area contributed by atoms with Gasteiger partial charge in [0, 0.05) is 28.8 Å². The molecule has 0 saturated carbocycles. The van der Waals surface area contributed by atoms with Gasteiger partial charge in [0.1, 0.15) is 12.4 Å². The first-order chi connectivity index (χ1) is 12.6. The van der Waals surface area contributed by atoms with Gasteiger partial charge in [-0.2, -0.15) is 10.1 Å². The summed E-state index contributed by atoms with van der Waals surface area (Å²) in [6.07, 6.45) is 4.88. The summed E-state index contributed by atoms with van der Waals surface area (Å²) in [6.45, 7) is 1.85. The van der Waals surface area contributed by atoms with E-state index < -0.39 is 6.04 Å². The molecule has 1 aliphatic rings. The average Bonchev–Trinajstić information content (AvgIpc) is 3.11. The van der Waals surface area contributed by atoms with Gasteiger partial charge in [-0.1, -0.05) is 17.7 Å². The Bertz CT molecular complexity index is 980. The minimum atomic E-state index is -0.422. The monoisotopic (exact) mass is 366 g/mol. The zero-order chi connectivity index (χ0) is 18.1. The molecule has 0 aliphatic carbocycles. The number of hydrogen-bond acceptors (Lipinski definition) is 5. The molecule has 2 N–H and O–H groups in total. The first-order valence-electron chi connectivity index (χ1n) is 7.97. The van der Waals surface area contributed by atoms with E-state index in [2.05, 4.69) is 25.7 Å². The van der Waals surface area contributed by atoms with Gasteiger partial charge in [0.15, 0.2) is 0 Å². The van der Waals surface area contributed by atoms with Crippen LogP contribution >= 0.6 is 11.6 Å². The third kappa shape index (κ3) is 2.93. The Morgan fingerprint density at radius 1 is 1.27 bits per heavy atom. The van der Waals surface area contributed by atoms with Crippen LogP contribution < -0.4 is 10.6 Å². The Kier molecular flexibility index (Phi) is 4.14. The quantitative estimate of drug-likeness (QED) is 0.743. The lowest BCUT2D eigenvalue weighted by Crippen LogP contribution is -2.31. The summed E-state index contributed by atoms with van der Waals surface area (Å²) in [5.74, 6) is 0.353. The Morgan fingerprint density at radius 3 is 2.81 bits per heavy atom. The maximum Gasteiger partial charge on any atom is 0.255 e. The third-order valence-electron chi connectivity index (χ3n) is 4.14. The SMILES string of the molecule is CC1=C(C(=O)Nc2ccc(Cl)cc2)[C@H](c2cccnc2)n2ncnc2N1. The molecule has 7 nitrogen and oxygen atoms in total. The van der Waals surface area contributed by atoms with Crippen LogP contribution in [-0.4, -0.2) is 25.7 Å². The number of rotatable bonds is 3. The fourth-order valence-corrected chi connectivity index (χ4v) is 3.09. The second-order valence-corrected chi connectivity index (χ2v) is 6.28. The number of anilines is 2. The first-order valence-corrected chi connectivity index (χ1v) is 8.35. The van der Waals surface area contributed by atoms with Gasteiger partial charge in [-0.3, -0.25) is 9.78 Å². The number of hydrogen-bond donors (Lipinski definition) is 2.